The number of Topliss-reactive ketones (excluding diaryl/α,β-unsaturated/α-hetero) is 3. The summed E-state index contributed by atoms with van der Waals surface area (Å²) in [6.07, 6.45) is 3.27. The summed E-state index contributed by atoms with van der Waals surface area (Å²) in [5.41, 5.74) is -1.42. The molecule has 5 bridgehead atoms. The van der Waals surface area contributed by atoms with E-state index in [1.807, 2.05) is 0 Å². The van der Waals surface area contributed by atoms with Crippen LogP contribution in [0.25, 0.3) is 0 Å². The number of phenolic OH excluding ortho intramolecular Hbond substituents is 1. The molecule has 1 amide bonds. The highest BCUT2D eigenvalue weighted by Crippen LogP contribution is 2.49. The predicted octanol–water partition coefficient (Wildman–Crippen LogP) is 4.92. The van der Waals surface area contributed by atoms with Crippen LogP contribution >= 0.6 is 0 Å². The van der Waals surface area contributed by atoms with Crippen LogP contribution in [0.2, 0.25) is 0 Å². The number of phenols is 1. The summed E-state index contributed by atoms with van der Waals surface area (Å²) in [6, 6.07) is 6.26. The van der Waals surface area contributed by atoms with Gasteiger partial charge in [0, 0.05) is 81.9 Å². The predicted molar refractivity (Wildman–Crippen MR) is 228 cm³/mol. The molecular weight excluding hydrogens is 818 g/mol. The first-order valence-electron chi connectivity index (χ1n) is 21.0. The van der Waals surface area contributed by atoms with Gasteiger partial charge in [0.05, 0.1) is 47.0 Å². The number of fused-ring (bicyclic) bond motifs is 14. The molecule has 63 heavy (non-hydrogen) atoms. The van der Waals surface area contributed by atoms with Crippen LogP contribution in [0.5, 0.6) is 11.5 Å². The number of halogens is 1. The molecule has 2 aromatic rings. The second kappa shape index (κ2) is 18.5. The molecule has 5 aliphatic rings. The fraction of sp³-hybridized carbons (Fsp3) is 0.468. The molecule has 0 saturated carbocycles. The Morgan fingerprint density at radius 2 is 1.54 bits per heavy atom. The van der Waals surface area contributed by atoms with Crippen molar-refractivity contribution in [3.8, 4) is 11.5 Å². The van der Waals surface area contributed by atoms with E-state index < -0.39 is 111 Å². The van der Waals surface area contributed by atoms with Crippen LogP contribution in [-0.4, -0.2) is 113 Å². The van der Waals surface area contributed by atoms with E-state index in [2.05, 4.69) is 5.32 Å². The number of ketones is 3. The SMILES string of the molecule is COC1C=COC2(C)Oc3c(C)c(O)c4c(c3C2=O)C(=O)C(N2CCN(c3ccccc3F)CC2)=C(NC(=O)C(C)=CC=CC(C)C(O)C(C)C(O)C(C)C(OC(C)=O)C1C)C4=O. The zero-order valence-electron chi connectivity index (χ0n) is 36.9. The van der Waals surface area contributed by atoms with Crippen LogP contribution in [0.15, 0.2) is 71.8 Å². The van der Waals surface area contributed by atoms with Crippen molar-refractivity contribution in [2.24, 2.45) is 23.7 Å². The lowest BCUT2D eigenvalue weighted by molar-refractivity contribution is -0.160. The Balaban J connectivity index is 1.47. The van der Waals surface area contributed by atoms with Gasteiger partial charge in [0.15, 0.2) is 0 Å². The molecule has 1 aliphatic carbocycles. The van der Waals surface area contributed by atoms with Gasteiger partial charge in [-0.2, -0.15) is 0 Å². The summed E-state index contributed by atoms with van der Waals surface area (Å²) in [4.78, 5) is 73.9. The fourth-order valence-electron chi connectivity index (χ4n) is 8.86. The van der Waals surface area contributed by atoms with Crippen LogP contribution in [0.3, 0.4) is 0 Å². The summed E-state index contributed by atoms with van der Waals surface area (Å²) in [5, 5.41) is 37.2. The molecular formula is C47H56FN3O12. The molecule has 2 aromatic carbocycles. The number of piperazine rings is 1. The number of aromatic hydroxyl groups is 1. The number of esters is 1. The maximum Gasteiger partial charge on any atom is 0.312 e. The first-order chi connectivity index (χ1) is 29.7. The summed E-state index contributed by atoms with van der Waals surface area (Å²) >= 11 is 0. The number of para-hydroxylation sites is 1. The number of allylic oxidation sites excluding steroid dienone is 4. The minimum absolute atomic E-state index is 0.0281. The maximum atomic E-state index is 15.0. The molecule has 1 fully saturated rings. The number of nitrogens with zero attached hydrogens (tertiary/aromatic N) is 2. The van der Waals surface area contributed by atoms with Gasteiger partial charge in [0.2, 0.25) is 11.6 Å². The Bertz CT molecular complexity index is 2310. The smallest absolute Gasteiger partial charge is 0.312 e. The van der Waals surface area contributed by atoms with Crippen molar-refractivity contribution in [2.75, 3.05) is 38.2 Å². The minimum atomic E-state index is -2.12. The van der Waals surface area contributed by atoms with Gasteiger partial charge in [0.25, 0.3) is 11.7 Å². The molecule has 4 N–H and O–H groups in total. The first-order valence-corrected chi connectivity index (χ1v) is 21.0. The standard InChI is InChI=1S/C47H56FN3O12/c1-23-13-12-14-24(2)46(59)49-36-37(51-20-18-50(19-21-51)31-16-11-10-15-30(31)48)42(57)33-34(41(36)56)40(55)28(6)44-35(33)45(58)47(8,63-44)61-22-17-32(60-9)25(3)43(62-29(7)52)27(5)39(54)26(4)38(23)53/h10-17,22-23,25-27,32,38-39,43,53-55H,18-21H2,1-9H3,(H,49,59). The van der Waals surface area contributed by atoms with E-state index in [1.54, 1.807) is 67.8 Å². The van der Waals surface area contributed by atoms with Crippen molar-refractivity contribution in [2.45, 2.75) is 85.6 Å². The largest absolute Gasteiger partial charge is 0.507 e. The van der Waals surface area contributed by atoms with Gasteiger partial charge >= 0.3 is 11.8 Å². The molecule has 0 spiro atoms. The Kier molecular flexibility index (Phi) is 13.7. The highest BCUT2D eigenvalue weighted by atomic mass is 19.1. The van der Waals surface area contributed by atoms with Crippen LogP contribution in [-0.2, 0) is 23.8 Å². The number of amides is 1. The van der Waals surface area contributed by atoms with E-state index >= 15 is 4.79 Å². The Morgan fingerprint density at radius 3 is 2.17 bits per heavy atom. The molecule has 9 atom stereocenters. The maximum absolute atomic E-state index is 15.0. The van der Waals surface area contributed by atoms with Gasteiger partial charge in [-0.25, -0.2) is 4.39 Å². The van der Waals surface area contributed by atoms with E-state index in [0.717, 1.165) is 6.26 Å². The van der Waals surface area contributed by atoms with Crippen LogP contribution < -0.4 is 15.0 Å². The van der Waals surface area contributed by atoms with Crippen molar-refractivity contribution in [1.82, 2.24) is 10.2 Å². The van der Waals surface area contributed by atoms with Crippen molar-refractivity contribution in [1.29, 1.82) is 0 Å². The van der Waals surface area contributed by atoms with Crippen molar-refractivity contribution in [3.05, 3.63) is 99.9 Å². The summed E-state index contributed by atoms with van der Waals surface area (Å²) < 4.78 is 38.4. The molecule has 4 aliphatic heterocycles. The lowest BCUT2D eigenvalue weighted by Gasteiger charge is -2.39. The second-order valence-electron chi connectivity index (χ2n) is 16.9. The number of hydrogen-bond donors (Lipinski definition) is 4. The zero-order chi connectivity index (χ0) is 46.2. The lowest BCUT2D eigenvalue weighted by atomic mass is 9.78. The average Bonchev–Trinajstić information content (AvgIpc) is 3.52. The molecule has 15 nitrogen and oxygen atoms in total. The number of benzene rings is 2. The number of aliphatic hydroxyl groups is 2. The first kappa shape index (κ1) is 46.7. The Labute approximate surface area is 365 Å². The number of anilines is 1. The van der Waals surface area contributed by atoms with Gasteiger partial charge in [-0.1, -0.05) is 58.1 Å². The minimum Gasteiger partial charge on any atom is -0.507 e. The van der Waals surface area contributed by atoms with E-state index in [9.17, 15) is 38.9 Å². The van der Waals surface area contributed by atoms with E-state index in [1.165, 1.54) is 53.0 Å². The molecule has 9 unspecified atom stereocenters. The molecule has 0 radical (unpaired) electrons. The third-order valence-corrected chi connectivity index (χ3v) is 12.7. The van der Waals surface area contributed by atoms with E-state index in [-0.39, 0.29) is 54.3 Å². The third kappa shape index (κ3) is 8.76. The normalized spacial score (nSPS) is 29.6. The van der Waals surface area contributed by atoms with Gasteiger partial charge < -0.3 is 49.4 Å². The Hall–Kier alpha value is -5.84. The third-order valence-electron chi connectivity index (χ3n) is 12.7. The van der Waals surface area contributed by atoms with Gasteiger partial charge in [-0.05, 0) is 32.1 Å². The quantitative estimate of drug-likeness (QED) is 0.302. The van der Waals surface area contributed by atoms with E-state index in [0.29, 0.717) is 5.69 Å². The van der Waals surface area contributed by atoms with Gasteiger partial charge in [-0.15, -0.1) is 0 Å². The van der Waals surface area contributed by atoms with Crippen LogP contribution in [0, 0.1) is 36.4 Å². The van der Waals surface area contributed by atoms with Crippen molar-refractivity contribution >= 4 is 34.9 Å². The van der Waals surface area contributed by atoms with Crippen LogP contribution in [0.1, 0.15) is 85.1 Å². The number of hydrogen-bond acceptors (Lipinski definition) is 14. The van der Waals surface area contributed by atoms with Crippen LogP contribution in [0.4, 0.5) is 10.1 Å². The highest BCUT2D eigenvalue weighted by Gasteiger charge is 2.53. The number of carbonyl (C=O) groups excluding carboxylic acids is 5. The summed E-state index contributed by atoms with van der Waals surface area (Å²) in [7, 11) is 1.42. The number of rotatable bonds is 4. The topological polar surface area (TPSA) is 201 Å². The number of aliphatic hydroxyl groups excluding tert-OH is 2. The van der Waals surface area contributed by atoms with Crippen molar-refractivity contribution < 1.29 is 62.6 Å². The summed E-state index contributed by atoms with van der Waals surface area (Å²) in [5.74, 6) is -9.93. The summed E-state index contributed by atoms with van der Waals surface area (Å²) in [6.45, 7) is 13.0. The number of methoxy groups -OCH3 is 1. The second-order valence-corrected chi connectivity index (χ2v) is 16.9. The van der Waals surface area contributed by atoms with Gasteiger partial charge in [0.1, 0.15) is 34.8 Å². The van der Waals surface area contributed by atoms with E-state index in [4.69, 9.17) is 18.9 Å². The zero-order valence-corrected chi connectivity index (χ0v) is 36.9. The lowest BCUT2D eigenvalue weighted by Crippen LogP contribution is -2.50. The van der Waals surface area contributed by atoms with Gasteiger partial charge in [-0.3, -0.25) is 24.0 Å². The monoisotopic (exact) mass is 873 g/mol. The molecule has 4 heterocycles. The molecule has 1 saturated heterocycles. The molecule has 338 valence electrons. The average molecular weight is 874 g/mol. The molecule has 16 heteroatoms. The molecule has 7 rings (SSSR count). The molecule has 0 aromatic heterocycles. The Morgan fingerprint density at radius 1 is 0.889 bits per heavy atom. The number of ether oxygens (including phenoxy) is 4. The fourth-order valence-corrected chi connectivity index (χ4v) is 8.86. The highest BCUT2D eigenvalue weighted by molar-refractivity contribution is 6.32. The number of carbonyl (C=O) groups is 5. The number of nitrogens with one attached hydrogen (secondary N) is 1. The van der Waals surface area contributed by atoms with Crippen molar-refractivity contribution in [3.63, 3.8) is 0 Å².